The lowest BCUT2D eigenvalue weighted by Gasteiger charge is -2.44. The van der Waals surface area contributed by atoms with Crippen LogP contribution in [0.3, 0.4) is 0 Å². The molecule has 3 rings (SSSR count). The van der Waals surface area contributed by atoms with Crippen molar-refractivity contribution >= 4 is 23.3 Å². The van der Waals surface area contributed by atoms with Crippen molar-refractivity contribution in [2.75, 3.05) is 17.3 Å². The molecule has 7 heteroatoms. The second kappa shape index (κ2) is 7.34. The number of nitrogens with one attached hydrogen (secondary N) is 2. The summed E-state index contributed by atoms with van der Waals surface area (Å²) in [5.41, 5.74) is 3.12. The average Bonchev–Trinajstić information content (AvgIpc) is 2.65. The van der Waals surface area contributed by atoms with Crippen LogP contribution in [0.1, 0.15) is 48.4 Å². The highest BCUT2D eigenvalue weighted by molar-refractivity contribution is 5.97. The van der Waals surface area contributed by atoms with Gasteiger partial charge in [0.25, 0.3) is 5.91 Å². The molecule has 0 saturated heterocycles. The van der Waals surface area contributed by atoms with Crippen molar-refractivity contribution in [3.63, 3.8) is 0 Å². The molecule has 3 atom stereocenters. The van der Waals surface area contributed by atoms with E-state index in [1.54, 1.807) is 37.3 Å². The largest absolute Gasteiger partial charge is 0.362 e. The van der Waals surface area contributed by atoms with Crippen LogP contribution < -0.4 is 15.5 Å². The molecule has 2 aromatic rings. The Balaban J connectivity index is 2.09. The van der Waals surface area contributed by atoms with Crippen LogP contribution in [0.2, 0.25) is 0 Å². The third-order valence-electron chi connectivity index (χ3n) is 5.23. The van der Waals surface area contributed by atoms with E-state index in [4.69, 9.17) is 0 Å². The van der Waals surface area contributed by atoms with Crippen molar-refractivity contribution in [3.8, 4) is 0 Å². The lowest BCUT2D eigenvalue weighted by Crippen LogP contribution is -2.48. The predicted octanol–water partition coefficient (Wildman–Crippen LogP) is 2.69. The molecular formula is C20H25N5O2. The molecule has 1 aliphatic rings. The number of benzene rings is 1. The molecule has 0 saturated carbocycles. The Bertz CT molecular complexity index is 865. The van der Waals surface area contributed by atoms with Gasteiger partial charge in [-0.3, -0.25) is 14.6 Å². The van der Waals surface area contributed by atoms with Crippen LogP contribution >= 0.6 is 0 Å². The van der Waals surface area contributed by atoms with E-state index in [2.05, 4.69) is 27.5 Å². The predicted molar refractivity (Wildman–Crippen MR) is 105 cm³/mol. The first-order valence-corrected chi connectivity index (χ1v) is 9.04. The third kappa shape index (κ3) is 3.49. The van der Waals surface area contributed by atoms with Crippen LogP contribution in [-0.4, -0.2) is 34.9 Å². The maximum absolute atomic E-state index is 12.3. The van der Waals surface area contributed by atoms with E-state index >= 15 is 0 Å². The number of aromatic nitrogens is 2. The van der Waals surface area contributed by atoms with Crippen molar-refractivity contribution in [2.24, 2.45) is 5.92 Å². The molecule has 1 unspecified atom stereocenters. The first-order chi connectivity index (χ1) is 12.8. The van der Waals surface area contributed by atoms with Gasteiger partial charge >= 0.3 is 0 Å². The minimum Gasteiger partial charge on any atom is -0.362 e. The zero-order chi connectivity index (χ0) is 19.7. The number of hydrogen-bond acceptors (Lipinski definition) is 5. The highest BCUT2D eigenvalue weighted by Crippen LogP contribution is 2.42. The van der Waals surface area contributed by atoms with Crippen molar-refractivity contribution < 1.29 is 9.59 Å². The number of fused-ring (bicyclic) bond motifs is 1. The third-order valence-corrected chi connectivity index (χ3v) is 5.23. The topological polar surface area (TPSA) is 87.2 Å². The molecule has 1 aliphatic heterocycles. The fourth-order valence-electron chi connectivity index (χ4n) is 3.62. The smallest absolute Gasteiger partial charge is 0.251 e. The van der Waals surface area contributed by atoms with Crippen LogP contribution in [0.15, 0.2) is 30.6 Å². The second-order valence-electron chi connectivity index (χ2n) is 7.01. The van der Waals surface area contributed by atoms with Gasteiger partial charge in [0.15, 0.2) is 0 Å². The number of hydrogen-bond donors (Lipinski definition) is 2. The first-order valence-electron chi connectivity index (χ1n) is 9.04. The van der Waals surface area contributed by atoms with Crippen LogP contribution in [-0.2, 0) is 4.79 Å². The Kier molecular flexibility index (Phi) is 5.12. The summed E-state index contributed by atoms with van der Waals surface area (Å²) in [5.74, 6) is 0.589. The zero-order valence-corrected chi connectivity index (χ0v) is 16.3. The van der Waals surface area contributed by atoms with E-state index in [0.29, 0.717) is 11.4 Å². The van der Waals surface area contributed by atoms with Crippen molar-refractivity contribution in [3.05, 3.63) is 47.4 Å². The maximum atomic E-state index is 12.3. The normalized spacial score (nSPS) is 21.4. The zero-order valence-electron chi connectivity index (χ0n) is 16.3. The molecule has 0 bridgehead atoms. The Morgan fingerprint density at radius 3 is 2.48 bits per heavy atom. The van der Waals surface area contributed by atoms with Gasteiger partial charge in [0, 0.05) is 37.2 Å². The van der Waals surface area contributed by atoms with Crippen LogP contribution in [0.25, 0.3) is 0 Å². The number of rotatable bonds is 3. The molecule has 0 spiro atoms. The van der Waals surface area contributed by atoms with E-state index in [0.717, 1.165) is 16.9 Å². The van der Waals surface area contributed by atoms with Gasteiger partial charge in [-0.1, -0.05) is 6.92 Å². The monoisotopic (exact) mass is 367 g/mol. The van der Waals surface area contributed by atoms with E-state index in [1.165, 1.54) is 0 Å². The van der Waals surface area contributed by atoms with Crippen molar-refractivity contribution in [2.45, 2.75) is 39.8 Å². The number of amides is 2. The van der Waals surface area contributed by atoms with Crippen LogP contribution in [0.5, 0.6) is 0 Å². The lowest BCUT2D eigenvalue weighted by molar-refractivity contribution is -0.117. The summed E-state index contributed by atoms with van der Waals surface area (Å²) in [5, 5.41) is 6.10. The number of nitrogens with zero attached hydrogens (tertiary/aromatic N) is 3. The van der Waals surface area contributed by atoms with Gasteiger partial charge in [-0.05, 0) is 37.6 Å². The van der Waals surface area contributed by atoms with Crippen molar-refractivity contribution in [1.29, 1.82) is 0 Å². The molecule has 2 heterocycles. The number of carbonyl (C=O) groups excluding carboxylic acids is 2. The summed E-state index contributed by atoms with van der Waals surface area (Å²) < 4.78 is 0. The van der Waals surface area contributed by atoms with E-state index in [9.17, 15) is 9.59 Å². The highest BCUT2D eigenvalue weighted by atomic mass is 16.2. The number of anilines is 2. The summed E-state index contributed by atoms with van der Waals surface area (Å²) in [6, 6.07) is 5.34. The van der Waals surface area contributed by atoms with Crippen molar-refractivity contribution in [1.82, 2.24) is 15.3 Å². The number of aryl methyl sites for hydroxylation is 1. The summed E-state index contributed by atoms with van der Waals surface area (Å²) >= 11 is 0. The average molecular weight is 367 g/mol. The van der Waals surface area contributed by atoms with E-state index in [1.807, 2.05) is 26.0 Å². The fraction of sp³-hybridized carbons (Fsp3) is 0.400. The minimum absolute atomic E-state index is 0.00300. The lowest BCUT2D eigenvalue weighted by atomic mass is 9.82. The summed E-state index contributed by atoms with van der Waals surface area (Å²) in [6.45, 7) is 7.59. The quantitative estimate of drug-likeness (QED) is 0.871. The van der Waals surface area contributed by atoms with Gasteiger partial charge in [-0.15, -0.1) is 0 Å². The van der Waals surface area contributed by atoms with Gasteiger partial charge in [0.05, 0.1) is 24.1 Å². The second-order valence-corrected chi connectivity index (χ2v) is 7.01. The summed E-state index contributed by atoms with van der Waals surface area (Å²) in [7, 11) is 1.60. The number of carbonyl (C=O) groups is 2. The van der Waals surface area contributed by atoms with Crippen LogP contribution in [0, 0.1) is 12.8 Å². The standard InChI is InChI=1S/C20H25N5O2/c1-11-9-23-18(10-22-11)24-19-12(2)13(3)25(14(4)26)17-7-6-15(8-16(17)19)20(27)21-5/h6-10,12-13,19H,1-5H3,(H,21,27)(H,23,24)/t12-,13-,19?/m0/s1. The van der Waals surface area contributed by atoms with Gasteiger partial charge in [0.1, 0.15) is 5.82 Å². The molecular weight excluding hydrogens is 342 g/mol. The van der Waals surface area contributed by atoms with Gasteiger partial charge < -0.3 is 15.5 Å². The molecule has 1 aromatic heterocycles. The molecule has 1 aromatic carbocycles. The van der Waals surface area contributed by atoms with Gasteiger partial charge in [-0.2, -0.15) is 0 Å². The Labute approximate surface area is 159 Å². The molecule has 0 fully saturated rings. The molecule has 0 aliphatic carbocycles. The Morgan fingerprint density at radius 2 is 1.89 bits per heavy atom. The Morgan fingerprint density at radius 1 is 1.15 bits per heavy atom. The molecule has 2 N–H and O–H groups in total. The SMILES string of the molecule is CNC(=O)c1ccc2c(c1)C(Nc1cnc(C)cn1)[C@@H](C)[C@H](C)N2C(C)=O. The Hall–Kier alpha value is -2.96. The molecule has 27 heavy (non-hydrogen) atoms. The molecule has 142 valence electrons. The van der Waals surface area contributed by atoms with E-state index in [-0.39, 0.29) is 29.8 Å². The van der Waals surface area contributed by atoms with Gasteiger partial charge in [0.2, 0.25) is 5.91 Å². The molecule has 2 amide bonds. The maximum Gasteiger partial charge on any atom is 0.251 e. The van der Waals surface area contributed by atoms with Crippen LogP contribution in [0.4, 0.5) is 11.5 Å². The first kappa shape index (κ1) is 18.8. The molecule has 7 nitrogen and oxygen atoms in total. The van der Waals surface area contributed by atoms with E-state index < -0.39 is 0 Å². The summed E-state index contributed by atoms with van der Waals surface area (Å²) in [4.78, 5) is 34.9. The van der Waals surface area contributed by atoms with Gasteiger partial charge in [-0.25, -0.2) is 4.98 Å². The minimum atomic E-state index is -0.160. The highest BCUT2D eigenvalue weighted by Gasteiger charge is 2.38. The summed E-state index contributed by atoms with van der Waals surface area (Å²) in [6.07, 6.45) is 3.41. The fourth-order valence-corrected chi connectivity index (χ4v) is 3.62. The molecule has 0 radical (unpaired) electrons.